The summed E-state index contributed by atoms with van der Waals surface area (Å²) in [6.07, 6.45) is 2.22. The van der Waals surface area contributed by atoms with Crippen molar-refractivity contribution in [3.05, 3.63) is 0 Å². The van der Waals surface area contributed by atoms with Crippen LogP contribution in [0.1, 0.15) is 26.7 Å². The first-order chi connectivity index (χ1) is 7.66. The highest BCUT2D eigenvalue weighted by Gasteiger charge is 2.51. The van der Waals surface area contributed by atoms with Crippen LogP contribution >= 0.6 is 0 Å². The number of rotatable bonds is 1. The molecule has 0 N–H and O–H groups in total. The maximum Gasteiger partial charge on any atom is 0.508 e. The second-order valence-electron chi connectivity index (χ2n) is 5.91. The summed E-state index contributed by atoms with van der Waals surface area (Å²) in [5.74, 6) is 4.63. The second kappa shape index (κ2) is 3.64. The lowest BCUT2D eigenvalue weighted by molar-refractivity contribution is -0.0424. The van der Waals surface area contributed by atoms with Crippen molar-refractivity contribution >= 4 is 6.16 Å². The predicted octanol–water partition coefficient (Wildman–Crippen LogP) is 2.70. The molecule has 0 aromatic carbocycles. The molecular weight excluding hydrogens is 204 g/mol. The van der Waals surface area contributed by atoms with Crippen LogP contribution in [-0.4, -0.2) is 19.4 Å². The molecule has 16 heavy (non-hydrogen) atoms. The number of ether oxygens (including phenoxy) is 2. The number of carbonyl (C=O) groups excluding carboxylic acids is 1. The molecule has 1 aliphatic heterocycles. The van der Waals surface area contributed by atoms with Gasteiger partial charge in [-0.1, -0.05) is 13.8 Å². The Labute approximate surface area is 96.5 Å². The van der Waals surface area contributed by atoms with Crippen LogP contribution in [0.25, 0.3) is 0 Å². The summed E-state index contributed by atoms with van der Waals surface area (Å²) >= 11 is 0. The summed E-state index contributed by atoms with van der Waals surface area (Å²) < 4.78 is 10.0. The average molecular weight is 224 g/mol. The molecule has 5 unspecified atom stereocenters. The number of carbonyl (C=O) groups is 1. The Kier molecular flexibility index (Phi) is 2.37. The fourth-order valence-electron chi connectivity index (χ4n) is 4.23. The molecule has 90 valence electrons. The van der Waals surface area contributed by atoms with Gasteiger partial charge in [-0.3, -0.25) is 0 Å². The van der Waals surface area contributed by atoms with Crippen LogP contribution in [0.3, 0.4) is 0 Å². The van der Waals surface area contributed by atoms with Crippen LogP contribution in [0.2, 0.25) is 0 Å². The first kappa shape index (κ1) is 10.4. The molecule has 0 aromatic rings. The minimum atomic E-state index is -0.485. The molecule has 2 bridgehead atoms. The number of hydrogen-bond donors (Lipinski definition) is 0. The lowest BCUT2D eigenvalue weighted by Gasteiger charge is -2.37. The van der Waals surface area contributed by atoms with E-state index in [9.17, 15) is 4.79 Å². The van der Waals surface area contributed by atoms with Crippen LogP contribution in [-0.2, 0) is 9.47 Å². The van der Waals surface area contributed by atoms with Gasteiger partial charge in [0.25, 0.3) is 0 Å². The summed E-state index contributed by atoms with van der Waals surface area (Å²) in [7, 11) is 0. The molecule has 0 aromatic heterocycles. The van der Waals surface area contributed by atoms with E-state index in [1.165, 1.54) is 12.8 Å². The Bertz CT molecular complexity index is 290. The SMILES string of the molecule is CC1C2CC(C3COC(=O)OC3)C(C2)C1C. The van der Waals surface area contributed by atoms with Crippen LogP contribution in [0.5, 0.6) is 0 Å². The third-order valence-corrected chi connectivity index (χ3v) is 5.38. The topological polar surface area (TPSA) is 35.5 Å². The molecule has 3 rings (SSSR count). The van der Waals surface area contributed by atoms with E-state index in [1.807, 2.05) is 0 Å². The molecule has 2 saturated carbocycles. The Hall–Kier alpha value is -0.730. The molecule has 3 heteroatoms. The monoisotopic (exact) mass is 224 g/mol. The molecular formula is C13H20O3. The quantitative estimate of drug-likeness (QED) is 0.642. The first-order valence-corrected chi connectivity index (χ1v) is 6.46. The Morgan fingerprint density at radius 1 is 0.938 bits per heavy atom. The van der Waals surface area contributed by atoms with Gasteiger partial charge in [-0.15, -0.1) is 0 Å². The molecule has 1 heterocycles. The third-order valence-electron chi connectivity index (χ3n) is 5.38. The summed E-state index contributed by atoms with van der Waals surface area (Å²) in [4.78, 5) is 10.9. The van der Waals surface area contributed by atoms with Gasteiger partial charge in [0.1, 0.15) is 13.2 Å². The summed E-state index contributed by atoms with van der Waals surface area (Å²) in [6, 6.07) is 0. The summed E-state index contributed by atoms with van der Waals surface area (Å²) in [5, 5.41) is 0. The highest BCUT2D eigenvalue weighted by Crippen LogP contribution is 2.57. The number of hydrogen-bond acceptors (Lipinski definition) is 3. The van der Waals surface area contributed by atoms with Gasteiger partial charge in [-0.25, -0.2) is 4.79 Å². The first-order valence-electron chi connectivity index (χ1n) is 6.46. The van der Waals surface area contributed by atoms with E-state index in [1.54, 1.807) is 0 Å². The normalized spacial score (nSPS) is 47.9. The average Bonchev–Trinajstić information content (AvgIpc) is 2.82. The molecule has 2 aliphatic carbocycles. The van der Waals surface area contributed by atoms with Crippen molar-refractivity contribution in [1.29, 1.82) is 0 Å². The van der Waals surface area contributed by atoms with E-state index in [2.05, 4.69) is 13.8 Å². The zero-order valence-electron chi connectivity index (χ0n) is 10.0. The molecule has 0 radical (unpaired) electrons. The summed E-state index contributed by atoms with van der Waals surface area (Å²) in [6.45, 7) is 5.93. The minimum absolute atomic E-state index is 0.447. The van der Waals surface area contributed by atoms with Crippen molar-refractivity contribution in [3.63, 3.8) is 0 Å². The van der Waals surface area contributed by atoms with Crippen LogP contribution < -0.4 is 0 Å². The largest absolute Gasteiger partial charge is 0.508 e. The Morgan fingerprint density at radius 2 is 1.56 bits per heavy atom. The summed E-state index contributed by atoms with van der Waals surface area (Å²) in [5.41, 5.74) is 0. The predicted molar refractivity (Wildman–Crippen MR) is 58.8 cm³/mol. The maximum absolute atomic E-state index is 10.9. The molecule has 3 fully saturated rings. The number of fused-ring (bicyclic) bond motifs is 2. The van der Waals surface area contributed by atoms with Crippen molar-refractivity contribution in [1.82, 2.24) is 0 Å². The van der Waals surface area contributed by atoms with E-state index in [0.29, 0.717) is 19.1 Å². The lowest BCUT2D eigenvalue weighted by atomic mass is 9.71. The maximum atomic E-state index is 10.9. The van der Waals surface area contributed by atoms with Gasteiger partial charge in [0.15, 0.2) is 0 Å². The number of cyclic esters (lactones) is 2. The van der Waals surface area contributed by atoms with E-state index < -0.39 is 6.16 Å². The third kappa shape index (κ3) is 1.44. The highest BCUT2D eigenvalue weighted by molar-refractivity contribution is 5.60. The van der Waals surface area contributed by atoms with Crippen molar-refractivity contribution in [2.45, 2.75) is 26.7 Å². The van der Waals surface area contributed by atoms with Gasteiger partial charge in [0.05, 0.1) is 0 Å². The lowest BCUT2D eigenvalue weighted by Crippen LogP contribution is -2.38. The zero-order valence-corrected chi connectivity index (χ0v) is 10.0. The molecule has 3 nitrogen and oxygen atoms in total. The van der Waals surface area contributed by atoms with Crippen molar-refractivity contribution < 1.29 is 14.3 Å². The van der Waals surface area contributed by atoms with Gasteiger partial charge in [-0.2, -0.15) is 0 Å². The van der Waals surface area contributed by atoms with E-state index in [0.717, 1.165) is 29.6 Å². The van der Waals surface area contributed by atoms with Gasteiger partial charge in [-0.05, 0) is 42.4 Å². The van der Waals surface area contributed by atoms with Gasteiger partial charge >= 0.3 is 6.16 Å². The molecule has 0 amide bonds. The van der Waals surface area contributed by atoms with Gasteiger partial charge in [0, 0.05) is 5.92 Å². The van der Waals surface area contributed by atoms with E-state index in [-0.39, 0.29) is 0 Å². The Balaban J connectivity index is 1.67. The fraction of sp³-hybridized carbons (Fsp3) is 0.923. The minimum Gasteiger partial charge on any atom is -0.434 e. The second-order valence-corrected chi connectivity index (χ2v) is 5.91. The molecule has 0 spiro atoms. The zero-order chi connectivity index (χ0) is 11.3. The molecule has 3 aliphatic rings. The van der Waals surface area contributed by atoms with Crippen LogP contribution in [0.15, 0.2) is 0 Å². The van der Waals surface area contributed by atoms with Crippen molar-refractivity contribution in [3.8, 4) is 0 Å². The molecule has 5 atom stereocenters. The standard InChI is InChI=1S/C13H20O3/c1-7-8(2)11-3-9(7)4-12(11)10-5-15-13(14)16-6-10/h7-12H,3-6H2,1-2H3. The van der Waals surface area contributed by atoms with Gasteiger partial charge < -0.3 is 9.47 Å². The van der Waals surface area contributed by atoms with E-state index in [4.69, 9.17) is 9.47 Å². The smallest absolute Gasteiger partial charge is 0.434 e. The highest BCUT2D eigenvalue weighted by atomic mass is 16.7. The van der Waals surface area contributed by atoms with Crippen molar-refractivity contribution in [2.75, 3.05) is 13.2 Å². The van der Waals surface area contributed by atoms with Gasteiger partial charge in [0.2, 0.25) is 0 Å². The molecule has 1 saturated heterocycles. The van der Waals surface area contributed by atoms with Crippen molar-refractivity contribution in [2.24, 2.45) is 35.5 Å². The Morgan fingerprint density at radius 3 is 2.12 bits per heavy atom. The fourth-order valence-corrected chi connectivity index (χ4v) is 4.23. The van der Waals surface area contributed by atoms with Crippen LogP contribution in [0, 0.1) is 35.5 Å². The van der Waals surface area contributed by atoms with Crippen LogP contribution in [0.4, 0.5) is 4.79 Å². The van der Waals surface area contributed by atoms with E-state index >= 15 is 0 Å².